The molecule has 0 aliphatic heterocycles. The van der Waals surface area contributed by atoms with Crippen LogP contribution in [-0.4, -0.2) is 29.0 Å². The van der Waals surface area contributed by atoms with E-state index in [4.69, 9.17) is 2.84 Å². The minimum atomic E-state index is -0.667. The molecule has 0 bridgehead atoms. The predicted octanol–water partition coefficient (Wildman–Crippen LogP) is 3.28. The maximum Gasteiger partial charge on any atom is 0.423 e. The van der Waals surface area contributed by atoms with E-state index in [0.29, 0.717) is 0 Å². The summed E-state index contributed by atoms with van der Waals surface area (Å²) in [6, 6.07) is 0. The van der Waals surface area contributed by atoms with E-state index in [1.165, 1.54) is 0 Å². The molecule has 54 valence electrons. The van der Waals surface area contributed by atoms with Gasteiger partial charge in [-0.05, 0) is 0 Å². The molecule has 0 spiro atoms. The van der Waals surface area contributed by atoms with E-state index in [-0.39, 0.29) is 0 Å². The van der Waals surface area contributed by atoms with E-state index in [1.807, 2.05) is 0 Å². The normalized spacial score (nSPS) is 7.33. The lowest BCUT2D eigenvalue weighted by atomic mass is 11.9. The zero-order chi connectivity index (χ0) is 7.86. The summed E-state index contributed by atoms with van der Waals surface area (Å²) in [5, 5.41) is 0. The van der Waals surface area contributed by atoms with Gasteiger partial charge in [0.2, 0.25) is 0 Å². The Balaban J connectivity index is 0. The zero-order valence-corrected chi connectivity index (χ0v) is 12.9. The minimum absolute atomic E-state index is 0.667. The van der Waals surface area contributed by atoms with Crippen molar-refractivity contribution in [2.75, 3.05) is 0 Å². The van der Waals surface area contributed by atoms with Gasteiger partial charge in [-0.2, -0.15) is 0 Å². The highest BCUT2D eigenvalue weighted by atomic mass is 128. The van der Waals surface area contributed by atoms with Crippen LogP contribution in [0.15, 0.2) is 0 Å². The van der Waals surface area contributed by atoms with Gasteiger partial charge in [0.1, 0.15) is 0 Å². The molecule has 9 heavy (non-hydrogen) atoms. The molecular weight excluding hydrogens is 372 g/mol. The van der Waals surface area contributed by atoms with E-state index in [1.54, 1.807) is 0 Å². The van der Waals surface area contributed by atoms with Gasteiger partial charge in [0.05, 0.1) is 0 Å². The molecule has 0 heterocycles. The summed E-state index contributed by atoms with van der Waals surface area (Å²) < 4.78 is 5.53. The van der Waals surface area contributed by atoms with E-state index < -0.39 is 29.0 Å². The molecule has 0 atom stereocenters. The molecule has 0 saturated heterocycles. The Bertz CT molecular complexity index is 45.8. The third-order valence-electron chi connectivity index (χ3n) is 0.544. The van der Waals surface area contributed by atoms with Crippen LogP contribution in [0.1, 0.15) is 0 Å². The molecule has 0 N–H and O–H groups in total. The minimum Gasteiger partial charge on any atom is -0.637 e. The third kappa shape index (κ3) is 17.9. The smallest absolute Gasteiger partial charge is 0.423 e. The van der Waals surface area contributed by atoms with Crippen LogP contribution in [-0.2, 0) is 2.84 Å². The van der Waals surface area contributed by atoms with Crippen LogP contribution >= 0.6 is 37.2 Å². The first-order valence-corrected chi connectivity index (χ1v) is 14.8. The van der Waals surface area contributed by atoms with Gasteiger partial charge in [-0.3, -0.25) is 0 Å². The van der Waals surface area contributed by atoms with Crippen LogP contribution in [0.5, 0.6) is 0 Å². The lowest BCUT2D eigenvalue weighted by Crippen LogP contribution is -2.17. The van der Waals surface area contributed by atoms with E-state index in [0.717, 1.165) is 0 Å². The maximum absolute atomic E-state index is 5.53. The molecule has 0 saturated carbocycles. The Hall–Kier alpha value is 2.48. The van der Waals surface area contributed by atoms with Gasteiger partial charge >= 0.3 is 29.0 Å². The summed E-state index contributed by atoms with van der Waals surface area (Å²) in [7, 11) is 0. The van der Waals surface area contributed by atoms with Gasteiger partial charge in [0.15, 0.2) is 0 Å². The SMILES string of the molecule is II.[CH3][Al]([CH3])[O][Al]([CH3])[CH3]. The Kier molecular flexibility index (Phi) is 16.3. The van der Waals surface area contributed by atoms with Crippen LogP contribution < -0.4 is 0 Å². The number of halogens is 2. The number of hydrogen-bond donors (Lipinski definition) is 0. The summed E-state index contributed by atoms with van der Waals surface area (Å²) in [6.07, 6.45) is 0. The van der Waals surface area contributed by atoms with Crippen LogP contribution in [0.4, 0.5) is 0 Å². The van der Waals surface area contributed by atoms with Crippen molar-refractivity contribution in [1.29, 1.82) is 0 Å². The summed E-state index contributed by atoms with van der Waals surface area (Å²) in [5.41, 5.74) is 0. The summed E-state index contributed by atoms with van der Waals surface area (Å²) >= 11 is 2.91. The Morgan fingerprint density at radius 1 is 0.889 bits per heavy atom. The van der Waals surface area contributed by atoms with Gasteiger partial charge in [0.25, 0.3) is 0 Å². The predicted molar refractivity (Wildman–Crippen MR) is 64.1 cm³/mol. The first-order chi connectivity index (χ1) is 4.13. The van der Waals surface area contributed by atoms with E-state index in [9.17, 15) is 0 Å². The Morgan fingerprint density at radius 3 is 1.11 bits per heavy atom. The summed E-state index contributed by atoms with van der Waals surface area (Å²) in [4.78, 5) is 0. The summed E-state index contributed by atoms with van der Waals surface area (Å²) in [6.45, 7) is 0. The second-order valence-corrected chi connectivity index (χ2v) is 7.52. The average molecular weight is 384 g/mol. The van der Waals surface area contributed by atoms with Crippen molar-refractivity contribution in [3.8, 4) is 0 Å². The molecule has 0 aromatic carbocycles. The lowest BCUT2D eigenvalue weighted by molar-refractivity contribution is 0.608. The van der Waals surface area contributed by atoms with Gasteiger partial charge in [0, 0.05) is 37.2 Å². The highest BCUT2D eigenvalue weighted by Gasteiger charge is 2.09. The third-order valence-corrected chi connectivity index (χ3v) is 4.90. The molecule has 1 nitrogen and oxygen atoms in total. The fraction of sp³-hybridized carbons (Fsp3) is 1.00. The molecule has 0 rings (SSSR count). The van der Waals surface area contributed by atoms with Crippen molar-refractivity contribution < 1.29 is 2.84 Å². The molecule has 0 aliphatic rings. The van der Waals surface area contributed by atoms with Crippen LogP contribution in [0.2, 0.25) is 23.1 Å². The van der Waals surface area contributed by atoms with Crippen LogP contribution in [0.3, 0.4) is 0 Å². The molecule has 0 fully saturated rings. The Morgan fingerprint density at radius 2 is 1.11 bits per heavy atom. The maximum atomic E-state index is 5.53. The van der Waals surface area contributed by atoms with Crippen molar-refractivity contribution in [2.24, 2.45) is 0 Å². The van der Waals surface area contributed by atoms with Crippen molar-refractivity contribution in [3.05, 3.63) is 0 Å². The lowest BCUT2D eigenvalue weighted by Gasteiger charge is -2.03. The first kappa shape index (κ1) is 14.0. The average Bonchev–Trinajstić information content (AvgIpc) is 1.68. The molecular formula is C4H12Al2I2O. The fourth-order valence-electron chi connectivity index (χ4n) is 0.544. The first-order valence-electron chi connectivity index (χ1n) is 2.92. The van der Waals surface area contributed by atoms with E-state index in [2.05, 4.69) is 60.4 Å². The van der Waals surface area contributed by atoms with Crippen molar-refractivity contribution in [3.63, 3.8) is 0 Å². The molecule has 0 radical (unpaired) electrons. The molecule has 0 unspecified atom stereocenters. The molecule has 0 aliphatic carbocycles. The zero-order valence-electron chi connectivity index (χ0n) is 6.32. The van der Waals surface area contributed by atoms with Crippen molar-refractivity contribution >= 4 is 66.2 Å². The van der Waals surface area contributed by atoms with Crippen LogP contribution in [0, 0.1) is 0 Å². The largest absolute Gasteiger partial charge is 0.637 e. The monoisotopic (exact) mass is 384 g/mol. The highest BCUT2D eigenvalue weighted by Crippen LogP contribution is 1.89. The quantitative estimate of drug-likeness (QED) is 0.525. The highest BCUT2D eigenvalue weighted by molar-refractivity contribution is 15.0. The topological polar surface area (TPSA) is 9.23 Å². The van der Waals surface area contributed by atoms with E-state index >= 15 is 0 Å². The fourth-order valence-corrected chi connectivity index (χ4v) is 4.90. The second-order valence-electron chi connectivity index (χ2n) is 2.23. The van der Waals surface area contributed by atoms with Gasteiger partial charge in [-0.1, -0.05) is 23.1 Å². The second kappa shape index (κ2) is 10.5. The van der Waals surface area contributed by atoms with Crippen LogP contribution in [0.25, 0.3) is 0 Å². The molecule has 5 heteroatoms. The standard InChI is InChI=1S/4CH3.2Al.I2.O/c;;;;;;1-2;/h4*1H3;;;;. The van der Waals surface area contributed by atoms with Gasteiger partial charge in [-0.25, -0.2) is 0 Å². The number of hydrogen-bond acceptors (Lipinski definition) is 1. The number of rotatable bonds is 2. The molecule has 0 amide bonds. The summed E-state index contributed by atoms with van der Waals surface area (Å²) in [5.74, 6) is 8.86. The van der Waals surface area contributed by atoms with Crippen molar-refractivity contribution in [2.45, 2.75) is 23.1 Å². The Labute approximate surface area is 90.7 Å². The molecule has 0 aromatic rings. The molecule has 0 aromatic heterocycles. The van der Waals surface area contributed by atoms with Crippen molar-refractivity contribution in [1.82, 2.24) is 0 Å². The van der Waals surface area contributed by atoms with Gasteiger partial charge < -0.3 is 2.84 Å². The van der Waals surface area contributed by atoms with Gasteiger partial charge in [-0.15, -0.1) is 0 Å².